The number of morpholine rings is 1. The second kappa shape index (κ2) is 7.37. The van der Waals surface area contributed by atoms with E-state index in [4.69, 9.17) is 9.47 Å². The highest BCUT2D eigenvalue weighted by molar-refractivity contribution is 5.95. The van der Waals surface area contributed by atoms with Gasteiger partial charge >= 0.3 is 0 Å². The highest BCUT2D eigenvalue weighted by Gasteiger charge is 2.28. The number of nitrogens with one attached hydrogen (secondary N) is 2. The summed E-state index contributed by atoms with van der Waals surface area (Å²) in [6.45, 7) is 3.10. The van der Waals surface area contributed by atoms with Crippen molar-refractivity contribution >= 4 is 11.6 Å². The van der Waals surface area contributed by atoms with Gasteiger partial charge in [-0.3, -0.25) is 4.79 Å². The molecule has 1 aliphatic rings. The quantitative estimate of drug-likeness (QED) is 0.900. The number of nitrogens with zero attached hydrogens (tertiary/aromatic N) is 1. The molecule has 0 bridgehead atoms. The number of pyridine rings is 1. The van der Waals surface area contributed by atoms with Crippen molar-refractivity contribution in [1.82, 2.24) is 10.3 Å². The molecular formula is C17H18FN3O3. The molecule has 2 heterocycles. The lowest BCUT2D eigenvalue weighted by molar-refractivity contribution is -0.123. The van der Waals surface area contributed by atoms with E-state index in [9.17, 15) is 9.18 Å². The highest BCUT2D eigenvalue weighted by Crippen LogP contribution is 2.20. The van der Waals surface area contributed by atoms with Crippen LogP contribution < -0.4 is 15.4 Å². The molecule has 0 unspecified atom stereocenters. The third-order valence-corrected chi connectivity index (χ3v) is 3.64. The molecule has 0 radical (unpaired) electrons. The third-order valence-electron chi connectivity index (χ3n) is 3.64. The number of hydrogen-bond acceptors (Lipinski definition) is 5. The molecule has 126 valence electrons. The minimum atomic E-state index is -0.395. The molecule has 2 aromatic rings. The minimum absolute atomic E-state index is 0.170. The number of ether oxygens (including phenoxy) is 2. The first-order valence-electron chi connectivity index (χ1n) is 7.67. The molecule has 6 nitrogen and oxygen atoms in total. The van der Waals surface area contributed by atoms with E-state index < -0.39 is 6.04 Å². The van der Waals surface area contributed by atoms with Gasteiger partial charge in [0, 0.05) is 12.6 Å². The minimum Gasteiger partial charge on any atom is -0.439 e. The predicted molar refractivity (Wildman–Crippen MR) is 86.5 cm³/mol. The standard InChI is InChI=1S/C17H18FN3O3/c1-11-16(19-8-9-23-11)17(22)21-13-4-7-15(20-10-13)24-14-5-2-12(18)3-6-14/h2-7,10-11,16,19H,8-9H2,1H3,(H,21,22)/t11-,16+/m1/s1. The largest absolute Gasteiger partial charge is 0.439 e. The van der Waals surface area contributed by atoms with Gasteiger partial charge < -0.3 is 20.1 Å². The van der Waals surface area contributed by atoms with Crippen LogP contribution in [-0.2, 0) is 9.53 Å². The summed E-state index contributed by atoms with van der Waals surface area (Å²) in [5.41, 5.74) is 0.561. The molecule has 0 saturated carbocycles. The van der Waals surface area contributed by atoms with Crippen molar-refractivity contribution in [3.8, 4) is 11.6 Å². The Hall–Kier alpha value is -2.51. The van der Waals surface area contributed by atoms with Crippen molar-refractivity contribution in [3.05, 3.63) is 48.4 Å². The average molecular weight is 331 g/mol. The fraction of sp³-hybridized carbons (Fsp3) is 0.294. The number of hydrogen-bond donors (Lipinski definition) is 2. The van der Waals surface area contributed by atoms with Gasteiger partial charge in [0.05, 0.1) is 24.6 Å². The van der Waals surface area contributed by atoms with Crippen LogP contribution >= 0.6 is 0 Å². The second-order valence-electron chi connectivity index (χ2n) is 5.44. The SMILES string of the molecule is C[C@H]1OCCN[C@@H]1C(=O)Nc1ccc(Oc2ccc(F)cc2)nc1. The molecule has 24 heavy (non-hydrogen) atoms. The van der Waals surface area contributed by atoms with Crippen molar-refractivity contribution in [1.29, 1.82) is 0 Å². The third kappa shape index (κ3) is 4.06. The number of anilines is 1. The lowest BCUT2D eigenvalue weighted by Crippen LogP contribution is -2.53. The predicted octanol–water partition coefficient (Wildman–Crippen LogP) is 2.33. The molecule has 7 heteroatoms. The van der Waals surface area contributed by atoms with Gasteiger partial charge in [0.2, 0.25) is 11.8 Å². The average Bonchev–Trinajstić information content (AvgIpc) is 2.59. The fourth-order valence-corrected chi connectivity index (χ4v) is 2.39. The summed E-state index contributed by atoms with van der Waals surface area (Å²) in [4.78, 5) is 16.4. The maximum Gasteiger partial charge on any atom is 0.244 e. The van der Waals surface area contributed by atoms with Gasteiger partial charge in [0.15, 0.2) is 0 Å². The van der Waals surface area contributed by atoms with Crippen LogP contribution in [-0.4, -0.2) is 36.2 Å². The fourth-order valence-electron chi connectivity index (χ4n) is 2.39. The van der Waals surface area contributed by atoms with Crippen LogP contribution in [0.2, 0.25) is 0 Å². The molecule has 1 aliphatic heterocycles. The van der Waals surface area contributed by atoms with E-state index in [2.05, 4.69) is 15.6 Å². The normalized spacial score (nSPS) is 20.4. The second-order valence-corrected chi connectivity index (χ2v) is 5.44. The van der Waals surface area contributed by atoms with Crippen LogP contribution in [0.15, 0.2) is 42.6 Å². The smallest absolute Gasteiger partial charge is 0.244 e. The molecule has 1 aromatic heterocycles. The van der Waals surface area contributed by atoms with Gasteiger partial charge in [-0.25, -0.2) is 9.37 Å². The number of rotatable bonds is 4. The Balaban J connectivity index is 1.59. The van der Waals surface area contributed by atoms with Gasteiger partial charge in [0.25, 0.3) is 0 Å². The monoisotopic (exact) mass is 331 g/mol. The maximum absolute atomic E-state index is 12.9. The summed E-state index contributed by atoms with van der Waals surface area (Å²) in [5, 5.41) is 5.92. The first kappa shape index (κ1) is 16.4. The molecule has 1 amide bonds. The van der Waals surface area contributed by atoms with Gasteiger partial charge in [-0.1, -0.05) is 0 Å². The van der Waals surface area contributed by atoms with E-state index >= 15 is 0 Å². The van der Waals surface area contributed by atoms with Gasteiger partial charge in [-0.05, 0) is 37.3 Å². The van der Waals surface area contributed by atoms with E-state index in [0.717, 1.165) is 0 Å². The van der Waals surface area contributed by atoms with Crippen molar-refractivity contribution in [3.63, 3.8) is 0 Å². The number of benzene rings is 1. The van der Waals surface area contributed by atoms with Crippen LogP contribution in [0.3, 0.4) is 0 Å². The number of carbonyl (C=O) groups is 1. The Bertz CT molecular complexity index is 691. The van der Waals surface area contributed by atoms with Crippen LogP contribution in [0.25, 0.3) is 0 Å². The summed E-state index contributed by atoms with van der Waals surface area (Å²) in [5.74, 6) is 0.337. The maximum atomic E-state index is 12.9. The zero-order valence-electron chi connectivity index (χ0n) is 13.2. The molecule has 1 fully saturated rings. The van der Waals surface area contributed by atoms with Gasteiger partial charge in [-0.2, -0.15) is 0 Å². The molecule has 3 rings (SSSR count). The Morgan fingerprint density at radius 3 is 2.79 bits per heavy atom. The Morgan fingerprint density at radius 2 is 2.12 bits per heavy atom. The topological polar surface area (TPSA) is 72.5 Å². The Morgan fingerprint density at radius 1 is 1.33 bits per heavy atom. The van der Waals surface area contributed by atoms with Crippen molar-refractivity contribution in [2.24, 2.45) is 0 Å². The highest BCUT2D eigenvalue weighted by atomic mass is 19.1. The van der Waals surface area contributed by atoms with Crippen molar-refractivity contribution < 1.29 is 18.7 Å². The van der Waals surface area contributed by atoms with E-state index in [1.807, 2.05) is 6.92 Å². The summed E-state index contributed by atoms with van der Waals surface area (Å²) in [7, 11) is 0. The summed E-state index contributed by atoms with van der Waals surface area (Å²) < 4.78 is 23.8. The van der Waals surface area contributed by atoms with Crippen LogP contribution in [0.5, 0.6) is 11.6 Å². The molecular weight excluding hydrogens is 313 g/mol. The molecule has 0 spiro atoms. The van der Waals surface area contributed by atoms with Gasteiger partial charge in [-0.15, -0.1) is 0 Å². The molecule has 2 N–H and O–H groups in total. The zero-order valence-corrected chi connectivity index (χ0v) is 13.2. The number of carbonyl (C=O) groups excluding carboxylic acids is 1. The molecule has 2 atom stereocenters. The van der Waals surface area contributed by atoms with E-state index in [0.29, 0.717) is 30.5 Å². The van der Waals surface area contributed by atoms with Crippen LogP contribution in [0.1, 0.15) is 6.92 Å². The van der Waals surface area contributed by atoms with E-state index in [1.54, 1.807) is 12.1 Å². The summed E-state index contributed by atoms with van der Waals surface area (Å²) in [6, 6.07) is 8.58. The first-order valence-corrected chi connectivity index (χ1v) is 7.67. The number of aromatic nitrogens is 1. The number of amides is 1. The molecule has 0 aliphatic carbocycles. The summed E-state index contributed by atoms with van der Waals surface area (Å²) in [6.07, 6.45) is 1.32. The van der Waals surface area contributed by atoms with E-state index in [1.165, 1.54) is 30.5 Å². The lowest BCUT2D eigenvalue weighted by atomic mass is 10.1. The van der Waals surface area contributed by atoms with Crippen LogP contribution in [0.4, 0.5) is 10.1 Å². The Labute approximate surface area is 139 Å². The first-order chi connectivity index (χ1) is 11.6. The lowest BCUT2D eigenvalue weighted by Gasteiger charge is -2.29. The molecule has 1 aromatic carbocycles. The Kier molecular flexibility index (Phi) is 5.02. The van der Waals surface area contributed by atoms with Crippen molar-refractivity contribution in [2.75, 3.05) is 18.5 Å². The van der Waals surface area contributed by atoms with Crippen molar-refractivity contribution in [2.45, 2.75) is 19.1 Å². The molecule has 1 saturated heterocycles. The number of halogens is 1. The summed E-state index contributed by atoms with van der Waals surface area (Å²) >= 11 is 0. The van der Waals surface area contributed by atoms with Gasteiger partial charge in [0.1, 0.15) is 17.6 Å². The zero-order chi connectivity index (χ0) is 16.9. The van der Waals surface area contributed by atoms with Crippen LogP contribution in [0, 0.1) is 5.82 Å². The van der Waals surface area contributed by atoms with E-state index in [-0.39, 0.29) is 17.8 Å².